The van der Waals surface area contributed by atoms with Crippen molar-refractivity contribution in [3.63, 3.8) is 0 Å². The molecule has 0 fully saturated rings. The number of hydrogen-bond donors (Lipinski definition) is 1. The summed E-state index contributed by atoms with van der Waals surface area (Å²) in [6.07, 6.45) is 0. The Kier molecular flexibility index (Phi) is 2.77. The van der Waals surface area contributed by atoms with E-state index >= 15 is 0 Å². The predicted octanol–water partition coefficient (Wildman–Crippen LogP) is 2.76. The molecule has 0 bridgehead atoms. The van der Waals surface area contributed by atoms with Crippen molar-refractivity contribution in [3.8, 4) is 0 Å². The Morgan fingerprint density at radius 3 is 2.55 bits per heavy atom. The largest absolute Gasteiger partial charge is 0.326 e. The van der Waals surface area contributed by atoms with Crippen LogP contribution in [0.1, 0.15) is 11.1 Å². The molecule has 1 nitrogen and oxygen atoms in total. The molecule has 0 aromatic heterocycles. The molecule has 0 saturated carbocycles. The highest BCUT2D eigenvalue weighted by atomic mass is 35.5. The second kappa shape index (κ2) is 3.44. The molecule has 0 aliphatic rings. The van der Waals surface area contributed by atoms with Gasteiger partial charge < -0.3 is 5.73 Å². The Morgan fingerprint density at radius 2 is 2.00 bits per heavy atom. The van der Waals surface area contributed by atoms with E-state index in [-0.39, 0.29) is 0 Å². The maximum absolute atomic E-state index is 5.93. The molecule has 0 aliphatic carbocycles. The van der Waals surface area contributed by atoms with Gasteiger partial charge in [-0.15, -0.1) is 0 Å². The molecule has 0 atom stereocenters. The fourth-order valence-electron chi connectivity index (χ4n) is 0.943. The Balaban J connectivity index is 3.24. The van der Waals surface area contributed by atoms with E-state index in [0.717, 1.165) is 16.1 Å². The minimum absolute atomic E-state index is 0.431. The summed E-state index contributed by atoms with van der Waals surface area (Å²) in [5.74, 6) is 0. The topological polar surface area (TPSA) is 26.0 Å². The molecule has 1 aromatic carbocycles. The summed E-state index contributed by atoms with van der Waals surface area (Å²) in [4.78, 5) is 0. The Hall–Kier alpha value is -0.240. The third kappa shape index (κ3) is 1.86. The molecule has 0 aliphatic heterocycles. The van der Waals surface area contributed by atoms with Crippen LogP contribution >= 0.6 is 23.2 Å². The van der Waals surface area contributed by atoms with E-state index in [0.29, 0.717) is 11.6 Å². The van der Waals surface area contributed by atoms with Gasteiger partial charge in [0.1, 0.15) is 0 Å². The quantitative estimate of drug-likeness (QED) is 0.723. The van der Waals surface area contributed by atoms with Crippen LogP contribution in [0.3, 0.4) is 0 Å². The van der Waals surface area contributed by atoms with Gasteiger partial charge in [-0.1, -0.05) is 23.2 Å². The van der Waals surface area contributed by atoms with Crippen molar-refractivity contribution < 1.29 is 0 Å². The zero-order valence-corrected chi connectivity index (χ0v) is 7.71. The number of benzene rings is 1. The van der Waals surface area contributed by atoms with Crippen LogP contribution in [-0.2, 0) is 6.54 Å². The summed E-state index contributed by atoms with van der Waals surface area (Å²) in [5, 5.41) is 1.41. The van der Waals surface area contributed by atoms with E-state index in [4.69, 9.17) is 28.9 Å². The van der Waals surface area contributed by atoms with Gasteiger partial charge in [0.05, 0.1) is 0 Å². The van der Waals surface area contributed by atoms with Crippen LogP contribution in [0.15, 0.2) is 12.1 Å². The molecule has 0 amide bonds. The minimum Gasteiger partial charge on any atom is -0.326 e. The number of rotatable bonds is 1. The van der Waals surface area contributed by atoms with Crippen LogP contribution in [0.25, 0.3) is 0 Å². The van der Waals surface area contributed by atoms with Gasteiger partial charge in [-0.3, -0.25) is 0 Å². The summed E-state index contributed by atoms with van der Waals surface area (Å²) in [6, 6.07) is 3.61. The van der Waals surface area contributed by atoms with Gasteiger partial charge in [0.2, 0.25) is 0 Å². The molecule has 0 unspecified atom stereocenters. The van der Waals surface area contributed by atoms with Crippen molar-refractivity contribution in [1.29, 1.82) is 0 Å². The highest BCUT2D eigenvalue weighted by Crippen LogP contribution is 2.24. The van der Waals surface area contributed by atoms with Gasteiger partial charge in [0.15, 0.2) is 0 Å². The molecule has 3 heteroatoms. The van der Waals surface area contributed by atoms with Crippen molar-refractivity contribution >= 4 is 23.2 Å². The van der Waals surface area contributed by atoms with Crippen molar-refractivity contribution in [3.05, 3.63) is 33.3 Å². The van der Waals surface area contributed by atoms with Crippen molar-refractivity contribution in [2.24, 2.45) is 5.73 Å². The molecule has 60 valence electrons. The van der Waals surface area contributed by atoms with Gasteiger partial charge in [-0.25, -0.2) is 0 Å². The van der Waals surface area contributed by atoms with Crippen LogP contribution < -0.4 is 5.73 Å². The monoisotopic (exact) mass is 189 g/mol. The van der Waals surface area contributed by atoms with Gasteiger partial charge in [0.25, 0.3) is 0 Å². The first-order valence-corrected chi connectivity index (χ1v) is 4.05. The first-order chi connectivity index (χ1) is 5.15. The normalized spacial score (nSPS) is 10.2. The van der Waals surface area contributed by atoms with Crippen molar-refractivity contribution in [1.82, 2.24) is 0 Å². The second-order valence-electron chi connectivity index (χ2n) is 2.40. The van der Waals surface area contributed by atoms with Crippen molar-refractivity contribution in [2.75, 3.05) is 0 Å². The summed E-state index contributed by atoms with van der Waals surface area (Å²) >= 11 is 11.7. The molecule has 1 rings (SSSR count). The Morgan fingerprint density at radius 1 is 1.36 bits per heavy atom. The lowest BCUT2D eigenvalue weighted by Gasteiger charge is -2.04. The molecular weight excluding hydrogens is 181 g/mol. The second-order valence-corrected chi connectivity index (χ2v) is 3.21. The molecule has 0 heterocycles. The lowest BCUT2D eigenvalue weighted by Crippen LogP contribution is -1.98. The van der Waals surface area contributed by atoms with E-state index in [9.17, 15) is 0 Å². The van der Waals surface area contributed by atoms with Gasteiger partial charge >= 0.3 is 0 Å². The third-order valence-electron chi connectivity index (χ3n) is 1.51. The van der Waals surface area contributed by atoms with Crippen LogP contribution in [0.2, 0.25) is 10.0 Å². The maximum atomic E-state index is 5.93. The third-order valence-corrected chi connectivity index (χ3v) is 2.27. The highest BCUT2D eigenvalue weighted by molar-refractivity contribution is 6.34. The molecule has 0 spiro atoms. The molecule has 2 N–H and O–H groups in total. The summed E-state index contributed by atoms with van der Waals surface area (Å²) < 4.78 is 0. The fraction of sp³-hybridized carbons (Fsp3) is 0.250. The first kappa shape index (κ1) is 8.85. The highest BCUT2D eigenvalue weighted by Gasteiger charge is 2.02. The smallest absolute Gasteiger partial charge is 0.0481 e. The van der Waals surface area contributed by atoms with Gasteiger partial charge in [-0.2, -0.15) is 0 Å². The average Bonchev–Trinajstić information content (AvgIpc) is 1.96. The Bertz CT molecular complexity index is 271. The van der Waals surface area contributed by atoms with E-state index in [2.05, 4.69) is 0 Å². The number of aryl methyl sites for hydroxylation is 1. The van der Waals surface area contributed by atoms with Gasteiger partial charge in [-0.05, 0) is 30.2 Å². The maximum Gasteiger partial charge on any atom is 0.0481 e. The molecular formula is C8H9Cl2N. The zero-order valence-electron chi connectivity index (χ0n) is 6.20. The number of halogens is 2. The number of nitrogens with two attached hydrogens (primary N) is 1. The lowest BCUT2D eigenvalue weighted by molar-refractivity contribution is 1.07. The van der Waals surface area contributed by atoms with E-state index < -0.39 is 0 Å². The first-order valence-electron chi connectivity index (χ1n) is 3.29. The SMILES string of the molecule is Cc1cc(Cl)cc(CN)c1Cl. The van der Waals surface area contributed by atoms with E-state index in [1.807, 2.05) is 13.0 Å². The van der Waals surface area contributed by atoms with Crippen molar-refractivity contribution in [2.45, 2.75) is 13.5 Å². The summed E-state index contributed by atoms with van der Waals surface area (Å²) in [5.41, 5.74) is 7.32. The molecule has 11 heavy (non-hydrogen) atoms. The van der Waals surface area contributed by atoms with Gasteiger partial charge in [0, 0.05) is 16.6 Å². The molecule has 0 radical (unpaired) electrons. The lowest BCUT2D eigenvalue weighted by atomic mass is 10.1. The standard InChI is InChI=1S/C8H9Cl2N/c1-5-2-7(9)3-6(4-11)8(5)10/h2-3H,4,11H2,1H3. The summed E-state index contributed by atoms with van der Waals surface area (Å²) in [6.45, 7) is 2.34. The van der Waals surface area contributed by atoms with E-state index in [1.165, 1.54) is 0 Å². The van der Waals surface area contributed by atoms with Crippen LogP contribution in [-0.4, -0.2) is 0 Å². The van der Waals surface area contributed by atoms with Crippen LogP contribution in [0.4, 0.5) is 0 Å². The predicted molar refractivity (Wildman–Crippen MR) is 49.1 cm³/mol. The summed E-state index contributed by atoms with van der Waals surface area (Å²) in [7, 11) is 0. The molecule has 0 saturated heterocycles. The van der Waals surface area contributed by atoms with Crippen LogP contribution in [0.5, 0.6) is 0 Å². The zero-order chi connectivity index (χ0) is 8.43. The van der Waals surface area contributed by atoms with E-state index in [1.54, 1.807) is 6.07 Å². The molecule has 1 aromatic rings. The average molecular weight is 190 g/mol. The fourth-order valence-corrected chi connectivity index (χ4v) is 1.43. The Labute approximate surface area is 76.1 Å². The minimum atomic E-state index is 0.431. The number of hydrogen-bond acceptors (Lipinski definition) is 1. The van der Waals surface area contributed by atoms with Crippen LogP contribution in [0, 0.1) is 6.92 Å².